The van der Waals surface area contributed by atoms with Gasteiger partial charge in [-0.05, 0) is 105 Å². The fourth-order valence-corrected chi connectivity index (χ4v) is 5.87. The molecule has 1 aromatic carbocycles. The van der Waals surface area contributed by atoms with Crippen molar-refractivity contribution >= 4 is 44.9 Å². The summed E-state index contributed by atoms with van der Waals surface area (Å²) in [5.41, 5.74) is 3.02. The number of aromatic nitrogens is 7. The van der Waals surface area contributed by atoms with Crippen molar-refractivity contribution in [1.82, 2.24) is 44.1 Å². The van der Waals surface area contributed by atoms with Gasteiger partial charge in [0.1, 0.15) is 5.82 Å². The van der Waals surface area contributed by atoms with Crippen LogP contribution in [0.3, 0.4) is 0 Å². The molecule has 0 saturated heterocycles. The normalized spacial score (nSPS) is 11.9. The molecule has 0 unspecified atom stereocenters. The molecule has 0 saturated carbocycles. The molecule has 0 spiro atoms. The summed E-state index contributed by atoms with van der Waals surface area (Å²) in [7, 11) is 4.66. The van der Waals surface area contributed by atoms with Crippen LogP contribution < -0.4 is 20.7 Å². The molecule has 4 rings (SSSR count). The minimum absolute atomic E-state index is 0.0226. The van der Waals surface area contributed by atoms with Gasteiger partial charge in [0.2, 0.25) is 27.9 Å². The van der Waals surface area contributed by atoms with Crippen LogP contribution in [0.15, 0.2) is 30.3 Å². The van der Waals surface area contributed by atoms with Crippen molar-refractivity contribution < 1.29 is 8.42 Å². The molecular weight excluding hydrogens is 594 g/mol. The van der Waals surface area contributed by atoms with E-state index in [9.17, 15) is 8.42 Å². The van der Waals surface area contributed by atoms with Gasteiger partial charge >= 0.3 is 0 Å². The van der Waals surface area contributed by atoms with Gasteiger partial charge in [-0.1, -0.05) is 0 Å². The molecule has 0 aliphatic rings. The molecule has 246 valence electrons. The molecular formula is C29H47N13O2S. The summed E-state index contributed by atoms with van der Waals surface area (Å²) in [5, 5.41) is 18.5. The minimum Gasteiger partial charge on any atom is -0.354 e. The Morgan fingerprint density at radius 3 is 1.93 bits per heavy atom. The zero-order valence-corrected chi connectivity index (χ0v) is 28.0. The highest BCUT2D eigenvalue weighted by Crippen LogP contribution is 2.20. The van der Waals surface area contributed by atoms with Gasteiger partial charge in [-0.3, -0.25) is 4.72 Å². The van der Waals surface area contributed by atoms with E-state index >= 15 is 0 Å². The number of rotatable bonds is 19. The average molecular weight is 642 g/mol. The maximum absolute atomic E-state index is 12.8. The third-order valence-electron chi connectivity index (χ3n) is 6.93. The Morgan fingerprint density at radius 2 is 1.33 bits per heavy atom. The second-order valence-corrected chi connectivity index (χ2v) is 13.5. The molecule has 0 amide bonds. The highest BCUT2D eigenvalue weighted by Gasteiger charge is 2.13. The number of fused-ring (bicyclic) bond motifs is 1. The number of sulfonamides is 1. The number of nitrogens with one attached hydrogen (secondary N) is 4. The standard InChI is InChI=1S/C29H47N13O2S/c1-22-21-26-41(23(2)37-42(26)36-22)19-7-8-20-45(43,44)38-25-13-11-24(12-14-25)32-29-34-27(30-15-9-17-39(3)4)33-28(35-29)31-16-10-18-40(5)6/h11-14,21,38H,7-10,15-20H2,1-6H3,(H3,30,31,32,33,34,35). The van der Waals surface area contributed by atoms with E-state index in [0.29, 0.717) is 42.9 Å². The minimum atomic E-state index is -3.51. The van der Waals surface area contributed by atoms with Gasteiger partial charge in [0, 0.05) is 37.1 Å². The number of hydrogen-bond donors (Lipinski definition) is 4. The molecule has 0 bridgehead atoms. The van der Waals surface area contributed by atoms with Crippen LogP contribution in [-0.2, 0) is 16.6 Å². The number of unbranched alkanes of at least 4 members (excludes halogenated alkanes) is 1. The zero-order chi connectivity index (χ0) is 32.4. The number of benzene rings is 1. The van der Waals surface area contributed by atoms with E-state index < -0.39 is 10.0 Å². The van der Waals surface area contributed by atoms with Crippen molar-refractivity contribution in [3.8, 4) is 0 Å². The Balaban J connectivity index is 1.31. The average Bonchev–Trinajstić information content (AvgIpc) is 3.46. The third-order valence-corrected chi connectivity index (χ3v) is 8.30. The first kappa shape index (κ1) is 33.9. The molecule has 45 heavy (non-hydrogen) atoms. The van der Waals surface area contributed by atoms with Gasteiger partial charge in [-0.2, -0.15) is 20.1 Å². The molecule has 15 nitrogen and oxygen atoms in total. The van der Waals surface area contributed by atoms with E-state index in [4.69, 9.17) is 0 Å². The van der Waals surface area contributed by atoms with E-state index in [2.05, 4.69) is 60.2 Å². The summed E-state index contributed by atoms with van der Waals surface area (Å²) in [6, 6.07) is 8.99. The van der Waals surface area contributed by atoms with Crippen LogP contribution >= 0.6 is 0 Å². The highest BCUT2D eigenvalue weighted by atomic mass is 32.2. The lowest BCUT2D eigenvalue weighted by Crippen LogP contribution is -2.19. The maximum Gasteiger partial charge on any atom is 0.233 e. The molecule has 4 aromatic rings. The summed E-state index contributed by atoms with van der Waals surface area (Å²) in [6.07, 6.45) is 3.11. The van der Waals surface area contributed by atoms with Gasteiger partial charge in [0.25, 0.3) is 0 Å². The first-order valence-electron chi connectivity index (χ1n) is 15.3. The van der Waals surface area contributed by atoms with Crippen LogP contribution in [0.1, 0.15) is 37.2 Å². The molecule has 0 atom stereocenters. The van der Waals surface area contributed by atoms with Gasteiger partial charge in [-0.15, -0.1) is 9.73 Å². The van der Waals surface area contributed by atoms with E-state index in [1.807, 2.05) is 48.1 Å². The quantitative estimate of drug-likeness (QED) is 0.111. The predicted molar refractivity (Wildman–Crippen MR) is 180 cm³/mol. The Bertz CT molecular complexity index is 1580. The fourth-order valence-electron chi connectivity index (χ4n) is 4.69. The van der Waals surface area contributed by atoms with Gasteiger partial charge in [-0.25, -0.2) is 8.42 Å². The number of hydrogen-bond acceptors (Lipinski definition) is 12. The molecule has 0 radical (unpaired) electrons. The summed E-state index contributed by atoms with van der Waals surface area (Å²) >= 11 is 0. The number of anilines is 5. The van der Waals surface area contributed by atoms with Gasteiger partial charge in [0.15, 0.2) is 5.65 Å². The monoisotopic (exact) mass is 641 g/mol. The predicted octanol–water partition coefficient (Wildman–Crippen LogP) is 3.03. The van der Waals surface area contributed by atoms with Crippen molar-refractivity contribution in [3.05, 3.63) is 41.9 Å². The lowest BCUT2D eigenvalue weighted by Gasteiger charge is -2.14. The lowest BCUT2D eigenvalue weighted by atomic mass is 10.3. The molecule has 3 heterocycles. The molecule has 0 aliphatic heterocycles. The van der Waals surface area contributed by atoms with Crippen LogP contribution in [0.5, 0.6) is 0 Å². The van der Waals surface area contributed by atoms with Crippen LogP contribution in [0.2, 0.25) is 0 Å². The van der Waals surface area contributed by atoms with E-state index in [-0.39, 0.29) is 5.75 Å². The molecule has 3 aromatic heterocycles. The molecule has 0 aliphatic carbocycles. The van der Waals surface area contributed by atoms with Gasteiger partial charge < -0.3 is 30.3 Å². The SMILES string of the molecule is Cc1cc2n(CCCCS(=O)(=O)Nc3ccc(Nc4nc(NCCCN(C)C)nc(NCCCN(C)C)n4)cc3)c(C)nn2n1. The fraction of sp³-hybridized carbons (Fsp3) is 0.552. The number of nitrogens with zero attached hydrogens (tertiary/aromatic N) is 9. The van der Waals surface area contributed by atoms with Crippen molar-refractivity contribution in [1.29, 1.82) is 0 Å². The smallest absolute Gasteiger partial charge is 0.233 e. The molecule has 0 fully saturated rings. The zero-order valence-electron chi connectivity index (χ0n) is 27.2. The van der Waals surface area contributed by atoms with Crippen molar-refractivity contribution in [2.75, 3.05) is 80.8 Å². The highest BCUT2D eigenvalue weighted by molar-refractivity contribution is 7.92. The molecule has 4 N–H and O–H groups in total. The Kier molecular flexibility index (Phi) is 11.9. The largest absolute Gasteiger partial charge is 0.354 e. The number of aryl methyl sites for hydroxylation is 3. The Labute approximate surface area is 265 Å². The van der Waals surface area contributed by atoms with E-state index in [0.717, 1.165) is 61.9 Å². The summed E-state index contributed by atoms with van der Waals surface area (Å²) in [4.78, 5) is 17.9. The van der Waals surface area contributed by atoms with Crippen LogP contribution in [0, 0.1) is 13.8 Å². The van der Waals surface area contributed by atoms with E-state index in [1.165, 1.54) is 0 Å². The van der Waals surface area contributed by atoms with Crippen LogP contribution in [-0.4, -0.2) is 113 Å². The topological polar surface area (TPSA) is 163 Å². The summed E-state index contributed by atoms with van der Waals surface area (Å²) in [6.45, 7) is 7.89. The second-order valence-electron chi connectivity index (χ2n) is 11.6. The van der Waals surface area contributed by atoms with Crippen LogP contribution in [0.4, 0.5) is 29.2 Å². The maximum atomic E-state index is 12.8. The second kappa shape index (κ2) is 15.8. The first-order valence-corrected chi connectivity index (χ1v) is 16.9. The van der Waals surface area contributed by atoms with Gasteiger partial charge in [0.05, 0.1) is 11.4 Å². The Hall–Kier alpha value is -4.02. The summed E-state index contributed by atoms with van der Waals surface area (Å²) < 4.78 is 31.9. The third kappa shape index (κ3) is 10.8. The Morgan fingerprint density at radius 1 is 0.756 bits per heavy atom. The van der Waals surface area contributed by atoms with Crippen LogP contribution in [0.25, 0.3) is 5.65 Å². The summed E-state index contributed by atoms with van der Waals surface area (Å²) in [5.74, 6) is 2.23. The molecule has 16 heteroatoms. The first-order chi connectivity index (χ1) is 21.5. The van der Waals surface area contributed by atoms with Crippen molar-refractivity contribution in [3.63, 3.8) is 0 Å². The lowest BCUT2D eigenvalue weighted by molar-refractivity contribution is 0.405. The van der Waals surface area contributed by atoms with E-state index in [1.54, 1.807) is 28.9 Å². The van der Waals surface area contributed by atoms with Crippen molar-refractivity contribution in [2.24, 2.45) is 0 Å². The van der Waals surface area contributed by atoms with Crippen molar-refractivity contribution in [2.45, 2.75) is 46.1 Å².